The third kappa shape index (κ3) is 5.09. The largest absolute Gasteiger partial charge is 0.507 e. The Morgan fingerprint density at radius 2 is 1.82 bits per heavy atom. The number of carbonyl (C=O) groups is 2. The van der Waals surface area contributed by atoms with Gasteiger partial charge in [0.05, 0.1) is 18.7 Å². The Balaban J connectivity index is 2.11. The highest BCUT2D eigenvalue weighted by Crippen LogP contribution is 2.40. The predicted molar refractivity (Wildman–Crippen MR) is 127 cm³/mol. The molecule has 0 aliphatic carbocycles. The fraction of sp³-hybridized carbons (Fsp3) is 0.308. The van der Waals surface area contributed by atoms with E-state index in [9.17, 15) is 14.7 Å². The zero-order valence-electron chi connectivity index (χ0n) is 19.5. The van der Waals surface area contributed by atoms with Crippen molar-refractivity contribution in [2.24, 2.45) is 0 Å². The Labute approximate surface area is 194 Å². The highest BCUT2D eigenvalue weighted by Gasteiger charge is 2.46. The first kappa shape index (κ1) is 24.1. The molecule has 0 radical (unpaired) electrons. The van der Waals surface area contributed by atoms with E-state index >= 15 is 0 Å². The van der Waals surface area contributed by atoms with Gasteiger partial charge in [0.1, 0.15) is 23.9 Å². The van der Waals surface area contributed by atoms with Crippen molar-refractivity contribution in [3.05, 3.63) is 77.4 Å². The lowest BCUT2D eigenvalue weighted by Crippen LogP contribution is -2.35. The molecule has 7 nitrogen and oxygen atoms in total. The second kappa shape index (κ2) is 10.4. The molecule has 0 spiro atoms. The van der Waals surface area contributed by atoms with Crippen LogP contribution in [0.3, 0.4) is 0 Å². The zero-order chi connectivity index (χ0) is 24.1. The number of methoxy groups -OCH3 is 1. The minimum absolute atomic E-state index is 0.0757. The summed E-state index contributed by atoms with van der Waals surface area (Å²) in [7, 11) is 5.36. The first-order chi connectivity index (χ1) is 15.8. The second-order valence-corrected chi connectivity index (χ2v) is 8.15. The van der Waals surface area contributed by atoms with Crippen molar-refractivity contribution in [3.8, 4) is 11.5 Å². The van der Waals surface area contributed by atoms with Gasteiger partial charge >= 0.3 is 0 Å². The van der Waals surface area contributed by atoms with Gasteiger partial charge < -0.3 is 24.4 Å². The number of aliphatic hydroxyl groups excluding tert-OH is 1. The summed E-state index contributed by atoms with van der Waals surface area (Å²) in [6.45, 7) is 6.75. The SMILES string of the molecule is C=CCOc1ccc(C2C(=C(O)c3ccc(OC)cc3C)C(=O)C(=O)N2CCN(C)C)cc1. The highest BCUT2D eigenvalue weighted by atomic mass is 16.5. The van der Waals surface area contributed by atoms with Crippen LogP contribution in [0.25, 0.3) is 5.76 Å². The number of hydrogen-bond acceptors (Lipinski definition) is 6. The molecule has 7 heteroatoms. The molecule has 0 aromatic heterocycles. The number of benzene rings is 2. The fourth-order valence-corrected chi connectivity index (χ4v) is 3.84. The Hall–Kier alpha value is -3.58. The van der Waals surface area contributed by atoms with Crippen LogP contribution in [0.15, 0.2) is 60.7 Å². The van der Waals surface area contributed by atoms with E-state index in [2.05, 4.69) is 6.58 Å². The van der Waals surface area contributed by atoms with Crippen LogP contribution in [0.5, 0.6) is 11.5 Å². The number of rotatable bonds is 9. The lowest BCUT2D eigenvalue weighted by atomic mass is 9.94. The van der Waals surface area contributed by atoms with Gasteiger partial charge in [0, 0.05) is 18.7 Å². The molecule has 33 heavy (non-hydrogen) atoms. The number of likely N-dealkylation sites (N-methyl/N-ethyl adjacent to an activating group) is 1. The summed E-state index contributed by atoms with van der Waals surface area (Å²) in [6, 6.07) is 11.7. The van der Waals surface area contributed by atoms with Crippen LogP contribution in [0, 0.1) is 6.92 Å². The van der Waals surface area contributed by atoms with Gasteiger partial charge in [0.25, 0.3) is 11.7 Å². The highest BCUT2D eigenvalue weighted by molar-refractivity contribution is 6.46. The van der Waals surface area contributed by atoms with Crippen LogP contribution in [-0.4, -0.2) is 67.5 Å². The molecule has 0 saturated carbocycles. The van der Waals surface area contributed by atoms with Crippen LogP contribution < -0.4 is 9.47 Å². The number of Topliss-reactive ketones (excluding diaryl/α,β-unsaturated/α-hetero) is 1. The summed E-state index contributed by atoms with van der Waals surface area (Å²) < 4.78 is 10.8. The second-order valence-electron chi connectivity index (χ2n) is 8.15. The monoisotopic (exact) mass is 450 g/mol. The van der Waals surface area contributed by atoms with E-state index in [1.807, 2.05) is 38.1 Å². The van der Waals surface area contributed by atoms with Crippen molar-refractivity contribution >= 4 is 17.4 Å². The maximum absolute atomic E-state index is 13.1. The van der Waals surface area contributed by atoms with Crippen LogP contribution >= 0.6 is 0 Å². The normalized spacial score (nSPS) is 17.5. The van der Waals surface area contributed by atoms with Gasteiger partial charge in [-0.2, -0.15) is 0 Å². The first-order valence-corrected chi connectivity index (χ1v) is 10.7. The number of carbonyl (C=O) groups excluding carboxylic acids is 2. The van der Waals surface area contributed by atoms with Crippen molar-refractivity contribution in [2.75, 3.05) is 40.9 Å². The number of aryl methyl sites for hydroxylation is 1. The van der Waals surface area contributed by atoms with Crippen molar-refractivity contribution in [2.45, 2.75) is 13.0 Å². The summed E-state index contributed by atoms with van der Waals surface area (Å²) in [5, 5.41) is 11.2. The third-order valence-corrected chi connectivity index (χ3v) is 5.58. The first-order valence-electron chi connectivity index (χ1n) is 10.7. The topological polar surface area (TPSA) is 79.3 Å². The number of likely N-dealkylation sites (tertiary alicyclic amines) is 1. The van der Waals surface area contributed by atoms with Crippen molar-refractivity contribution in [1.29, 1.82) is 0 Å². The number of hydrogen-bond donors (Lipinski definition) is 1. The maximum Gasteiger partial charge on any atom is 0.295 e. The molecule has 174 valence electrons. The molecule has 1 N–H and O–H groups in total. The lowest BCUT2D eigenvalue weighted by Gasteiger charge is -2.26. The van der Waals surface area contributed by atoms with E-state index in [4.69, 9.17) is 9.47 Å². The molecule has 1 saturated heterocycles. The molecular formula is C26H30N2O5. The van der Waals surface area contributed by atoms with Gasteiger partial charge in [-0.05, 0) is 62.5 Å². The van der Waals surface area contributed by atoms with Crippen molar-refractivity contribution in [1.82, 2.24) is 9.80 Å². The Morgan fingerprint density at radius 1 is 1.15 bits per heavy atom. The molecule has 1 heterocycles. The van der Waals surface area contributed by atoms with E-state index in [-0.39, 0.29) is 11.3 Å². The Kier molecular flexibility index (Phi) is 7.55. The number of aliphatic hydroxyl groups is 1. The Bertz CT molecular complexity index is 1070. The van der Waals surface area contributed by atoms with Crippen molar-refractivity contribution in [3.63, 3.8) is 0 Å². The quantitative estimate of drug-likeness (QED) is 0.272. The molecule has 1 amide bonds. The van der Waals surface area contributed by atoms with Gasteiger partial charge in [-0.3, -0.25) is 9.59 Å². The average molecular weight is 451 g/mol. The number of ketones is 1. The zero-order valence-corrected chi connectivity index (χ0v) is 19.5. The van der Waals surface area contributed by atoms with Gasteiger partial charge in [-0.15, -0.1) is 0 Å². The lowest BCUT2D eigenvalue weighted by molar-refractivity contribution is -0.140. The van der Waals surface area contributed by atoms with E-state index in [0.717, 1.165) is 5.56 Å². The third-order valence-electron chi connectivity index (χ3n) is 5.58. The molecule has 2 aromatic carbocycles. The number of nitrogens with zero attached hydrogens (tertiary/aromatic N) is 2. The molecule has 1 fully saturated rings. The van der Waals surface area contributed by atoms with Crippen molar-refractivity contribution < 1.29 is 24.2 Å². The Morgan fingerprint density at radius 3 is 2.39 bits per heavy atom. The molecule has 1 unspecified atom stereocenters. The summed E-state index contributed by atoms with van der Waals surface area (Å²) in [5.74, 6) is -0.227. The number of ether oxygens (including phenoxy) is 2. The van der Waals surface area contributed by atoms with E-state index in [0.29, 0.717) is 42.3 Å². The predicted octanol–water partition coefficient (Wildman–Crippen LogP) is 3.55. The van der Waals surface area contributed by atoms with Gasteiger partial charge in [-0.1, -0.05) is 24.8 Å². The fourth-order valence-electron chi connectivity index (χ4n) is 3.84. The van der Waals surface area contributed by atoms with Crippen LogP contribution in [0.2, 0.25) is 0 Å². The molecule has 0 bridgehead atoms. The van der Waals surface area contributed by atoms with Gasteiger partial charge in [0.15, 0.2) is 0 Å². The standard InChI is InChI=1S/C26H30N2O5/c1-6-15-33-19-9-7-18(8-10-19)23-22(25(30)26(31)28(23)14-13-27(3)4)24(29)21-12-11-20(32-5)16-17(21)2/h6-12,16,23,29H,1,13-15H2,2-5H3. The summed E-state index contributed by atoms with van der Waals surface area (Å²) in [4.78, 5) is 29.6. The molecular weight excluding hydrogens is 420 g/mol. The molecule has 1 aliphatic heterocycles. The summed E-state index contributed by atoms with van der Waals surface area (Å²) >= 11 is 0. The number of amides is 1. The molecule has 1 atom stereocenters. The minimum atomic E-state index is -0.708. The van der Waals surface area contributed by atoms with Gasteiger partial charge in [0.2, 0.25) is 0 Å². The van der Waals surface area contributed by atoms with Gasteiger partial charge in [-0.25, -0.2) is 0 Å². The smallest absolute Gasteiger partial charge is 0.295 e. The summed E-state index contributed by atoms with van der Waals surface area (Å²) in [6.07, 6.45) is 1.65. The van der Waals surface area contributed by atoms with Crippen LogP contribution in [-0.2, 0) is 9.59 Å². The van der Waals surface area contributed by atoms with Crippen LogP contribution in [0.1, 0.15) is 22.7 Å². The van der Waals surface area contributed by atoms with E-state index in [1.54, 1.807) is 43.5 Å². The minimum Gasteiger partial charge on any atom is -0.507 e. The van der Waals surface area contributed by atoms with E-state index < -0.39 is 17.7 Å². The van der Waals surface area contributed by atoms with Crippen LogP contribution in [0.4, 0.5) is 0 Å². The maximum atomic E-state index is 13.1. The molecule has 1 aliphatic rings. The summed E-state index contributed by atoms with van der Waals surface area (Å²) in [5.41, 5.74) is 2.01. The average Bonchev–Trinajstić information content (AvgIpc) is 3.06. The molecule has 3 rings (SSSR count). The van der Waals surface area contributed by atoms with E-state index in [1.165, 1.54) is 4.90 Å². The molecule has 2 aromatic rings.